The van der Waals surface area contributed by atoms with Crippen molar-refractivity contribution >= 4 is 23.0 Å². The highest BCUT2D eigenvalue weighted by Crippen LogP contribution is 2.32. The lowest BCUT2D eigenvalue weighted by Gasteiger charge is -2.28. The van der Waals surface area contributed by atoms with Gasteiger partial charge >= 0.3 is 0 Å². The van der Waals surface area contributed by atoms with Gasteiger partial charge in [-0.3, -0.25) is 0 Å². The van der Waals surface area contributed by atoms with Crippen molar-refractivity contribution in [3.8, 4) is 17.6 Å². The lowest BCUT2D eigenvalue weighted by molar-refractivity contribution is 0.0922. The maximum absolute atomic E-state index is 8.88. The third-order valence-electron chi connectivity index (χ3n) is 4.02. The van der Waals surface area contributed by atoms with E-state index in [1.165, 1.54) is 0 Å². The van der Waals surface area contributed by atoms with Crippen LogP contribution in [0, 0.1) is 11.3 Å². The Morgan fingerprint density at radius 3 is 2.88 bits per heavy atom. The predicted octanol–water partition coefficient (Wildman–Crippen LogP) is 2.55. The predicted molar refractivity (Wildman–Crippen MR) is 94.4 cm³/mol. The second-order valence-corrected chi connectivity index (χ2v) is 6.16. The summed E-state index contributed by atoms with van der Waals surface area (Å²) < 4.78 is 16.8. The molecule has 1 saturated heterocycles. The summed E-state index contributed by atoms with van der Waals surface area (Å²) in [6, 6.07) is 7.85. The van der Waals surface area contributed by atoms with Crippen LogP contribution in [0.25, 0.3) is 0 Å². The van der Waals surface area contributed by atoms with Crippen LogP contribution >= 0.6 is 12.2 Å². The molecule has 1 atom stereocenters. The largest absolute Gasteiger partial charge is 0.486 e. The molecule has 1 N–H and O–H groups in total. The second-order valence-electron chi connectivity index (χ2n) is 5.78. The summed E-state index contributed by atoms with van der Waals surface area (Å²) in [5, 5.41) is 12.7. The fourth-order valence-corrected chi connectivity index (χ4v) is 3.10. The van der Waals surface area contributed by atoms with Crippen LogP contribution in [0.15, 0.2) is 18.2 Å². The number of hydrogen-bond donors (Lipinski definition) is 1. The molecule has 1 aromatic carbocycles. The number of benzene rings is 1. The van der Waals surface area contributed by atoms with E-state index in [0.717, 1.165) is 36.6 Å². The van der Waals surface area contributed by atoms with E-state index in [4.69, 9.17) is 31.7 Å². The normalized spacial score (nSPS) is 18.7. The summed E-state index contributed by atoms with van der Waals surface area (Å²) in [4.78, 5) is 2.01. The van der Waals surface area contributed by atoms with Crippen LogP contribution < -0.4 is 14.8 Å². The van der Waals surface area contributed by atoms with Gasteiger partial charge in [-0.05, 0) is 37.2 Å². The van der Waals surface area contributed by atoms with Crippen molar-refractivity contribution in [1.82, 2.24) is 4.90 Å². The summed E-state index contributed by atoms with van der Waals surface area (Å²) in [5.41, 5.74) is 0.846. The Hall–Kier alpha value is -2.04. The topological polar surface area (TPSA) is 66.8 Å². The van der Waals surface area contributed by atoms with Gasteiger partial charge in [-0.15, -0.1) is 0 Å². The van der Waals surface area contributed by atoms with Crippen molar-refractivity contribution in [2.75, 3.05) is 38.2 Å². The molecule has 6 nitrogen and oxygen atoms in total. The lowest BCUT2D eigenvalue weighted by atomic mass is 10.2. The SMILES string of the molecule is N#CCCN(CC1CCCO1)C(=S)Nc1ccc2c(c1)OCCO2. The van der Waals surface area contributed by atoms with Gasteiger partial charge in [0.15, 0.2) is 16.6 Å². The number of nitrogens with one attached hydrogen (secondary N) is 1. The van der Waals surface area contributed by atoms with Crippen molar-refractivity contribution in [2.45, 2.75) is 25.4 Å². The van der Waals surface area contributed by atoms with Crippen molar-refractivity contribution in [1.29, 1.82) is 5.26 Å². The maximum atomic E-state index is 8.88. The molecule has 2 aliphatic heterocycles. The Morgan fingerprint density at radius 2 is 2.12 bits per heavy atom. The number of nitrogens with zero attached hydrogens (tertiary/aromatic N) is 2. The standard InChI is InChI=1S/C17H21N3O3S/c18-6-2-7-20(12-14-3-1-8-21-14)17(24)19-13-4-5-15-16(11-13)23-10-9-22-15/h4-5,11,14H,1-3,7-10,12H2,(H,19,24). The molecular weight excluding hydrogens is 326 g/mol. The van der Waals surface area contributed by atoms with Gasteiger partial charge < -0.3 is 24.4 Å². The van der Waals surface area contributed by atoms with Crippen LogP contribution in [0.3, 0.4) is 0 Å². The van der Waals surface area contributed by atoms with Gasteiger partial charge in [0.25, 0.3) is 0 Å². The van der Waals surface area contributed by atoms with Gasteiger partial charge in [0.05, 0.1) is 18.6 Å². The molecule has 2 heterocycles. The first-order valence-corrected chi connectivity index (χ1v) is 8.61. The van der Waals surface area contributed by atoms with E-state index in [1.54, 1.807) is 0 Å². The highest BCUT2D eigenvalue weighted by Gasteiger charge is 2.21. The number of fused-ring (bicyclic) bond motifs is 1. The molecule has 0 amide bonds. The zero-order valence-corrected chi connectivity index (χ0v) is 14.3. The zero-order valence-electron chi connectivity index (χ0n) is 13.5. The molecule has 7 heteroatoms. The summed E-state index contributed by atoms with van der Waals surface area (Å²) in [5.74, 6) is 1.47. The summed E-state index contributed by atoms with van der Waals surface area (Å²) in [6.45, 7) is 3.22. The summed E-state index contributed by atoms with van der Waals surface area (Å²) in [6.07, 6.45) is 2.73. The Balaban J connectivity index is 1.64. The van der Waals surface area contributed by atoms with Crippen LogP contribution in [0.2, 0.25) is 0 Å². The van der Waals surface area contributed by atoms with Crippen LogP contribution in [-0.4, -0.2) is 49.0 Å². The monoisotopic (exact) mass is 347 g/mol. The van der Waals surface area contributed by atoms with E-state index in [9.17, 15) is 0 Å². The fraction of sp³-hybridized carbons (Fsp3) is 0.529. The molecule has 3 rings (SSSR count). The van der Waals surface area contributed by atoms with Gasteiger partial charge in [0.1, 0.15) is 13.2 Å². The molecule has 0 aromatic heterocycles. The molecule has 24 heavy (non-hydrogen) atoms. The van der Waals surface area contributed by atoms with E-state index >= 15 is 0 Å². The van der Waals surface area contributed by atoms with Crippen LogP contribution in [0.4, 0.5) is 5.69 Å². The molecule has 1 aromatic rings. The highest BCUT2D eigenvalue weighted by molar-refractivity contribution is 7.80. The minimum atomic E-state index is 0.184. The van der Waals surface area contributed by atoms with Gasteiger partial charge in [-0.1, -0.05) is 0 Å². The van der Waals surface area contributed by atoms with E-state index in [2.05, 4.69) is 11.4 Å². The van der Waals surface area contributed by atoms with E-state index in [0.29, 0.717) is 37.8 Å². The number of anilines is 1. The van der Waals surface area contributed by atoms with E-state index in [1.807, 2.05) is 23.1 Å². The third-order valence-corrected chi connectivity index (χ3v) is 4.38. The van der Waals surface area contributed by atoms with Gasteiger partial charge in [-0.25, -0.2) is 0 Å². The number of nitriles is 1. The van der Waals surface area contributed by atoms with Gasteiger partial charge in [-0.2, -0.15) is 5.26 Å². The maximum Gasteiger partial charge on any atom is 0.173 e. The first-order valence-electron chi connectivity index (χ1n) is 8.20. The fourth-order valence-electron chi connectivity index (χ4n) is 2.82. The quantitative estimate of drug-likeness (QED) is 0.821. The van der Waals surface area contributed by atoms with Crippen molar-refractivity contribution in [3.05, 3.63) is 18.2 Å². The molecule has 1 fully saturated rings. The van der Waals surface area contributed by atoms with Crippen molar-refractivity contribution in [3.63, 3.8) is 0 Å². The number of thiocarbonyl (C=S) groups is 1. The summed E-state index contributed by atoms with van der Waals surface area (Å²) in [7, 11) is 0. The second kappa shape index (κ2) is 8.18. The number of ether oxygens (including phenoxy) is 3. The van der Waals surface area contributed by atoms with E-state index in [-0.39, 0.29) is 6.10 Å². The van der Waals surface area contributed by atoms with Crippen LogP contribution in [-0.2, 0) is 4.74 Å². The molecule has 0 bridgehead atoms. The molecule has 1 unspecified atom stereocenters. The average Bonchev–Trinajstić information content (AvgIpc) is 3.11. The van der Waals surface area contributed by atoms with Crippen molar-refractivity contribution in [2.24, 2.45) is 0 Å². The van der Waals surface area contributed by atoms with E-state index < -0.39 is 0 Å². The molecular formula is C17H21N3O3S. The smallest absolute Gasteiger partial charge is 0.173 e. The molecule has 2 aliphatic rings. The first-order chi connectivity index (χ1) is 11.8. The highest BCUT2D eigenvalue weighted by atomic mass is 32.1. The van der Waals surface area contributed by atoms with Gasteiger partial charge in [0, 0.05) is 31.5 Å². The van der Waals surface area contributed by atoms with Crippen LogP contribution in [0.1, 0.15) is 19.3 Å². The molecule has 0 spiro atoms. The van der Waals surface area contributed by atoms with Crippen LogP contribution in [0.5, 0.6) is 11.5 Å². The molecule has 0 saturated carbocycles. The molecule has 128 valence electrons. The van der Waals surface area contributed by atoms with Gasteiger partial charge in [0.2, 0.25) is 0 Å². The Labute approximate surface area is 147 Å². The lowest BCUT2D eigenvalue weighted by Crippen LogP contribution is -2.40. The first kappa shape index (κ1) is 16.8. The zero-order chi connectivity index (χ0) is 16.8. The minimum Gasteiger partial charge on any atom is -0.486 e. The Bertz CT molecular complexity index is 626. The number of hydrogen-bond acceptors (Lipinski definition) is 5. The average molecular weight is 347 g/mol. The third kappa shape index (κ3) is 4.28. The van der Waals surface area contributed by atoms with Crippen molar-refractivity contribution < 1.29 is 14.2 Å². The Morgan fingerprint density at radius 1 is 1.29 bits per heavy atom. The molecule has 0 radical (unpaired) electrons. The Kier molecular flexibility index (Phi) is 5.72. The minimum absolute atomic E-state index is 0.184. The summed E-state index contributed by atoms with van der Waals surface area (Å²) >= 11 is 5.54. The number of rotatable bonds is 5. The molecule has 0 aliphatic carbocycles.